The topological polar surface area (TPSA) is 34.2 Å². The van der Waals surface area contributed by atoms with Crippen LogP contribution in [0.4, 0.5) is 0 Å². The minimum atomic E-state index is 0.813. The first-order chi connectivity index (χ1) is 9.31. The third-order valence-electron chi connectivity index (χ3n) is 4.32. The normalized spacial score (nSPS) is 15.9. The number of fused-ring (bicyclic) bond motifs is 3. The van der Waals surface area contributed by atoms with Crippen LogP contribution in [0.5, 0.6) is 0 Å². The Bertz CT molecular complexity index is 571. The van der Waals surface area contributed by atoms with Gasteiger partial charge in [-0.25, -0.2) is 0 Å². The Hall–Kier alpha value is -1.32. The van der Waals surface area contributed by atoms with Crippen LogP contribution in [0, 0.1) is 0 Å². The fraction of sp³-hybridized carbons (Fsp3) is 0.500. The average molecular weight is 257 g/mol. The largest absolute Gasteiger partial charge is 0.347 e. The van der Waals surface area contributed by atoms with Crippen molar-refractivity contribution in [2.24, 2.45) is 12.8 Å². The van der Waals surface area contributed by atoms with Crippen LogP contribution in [0.25, 0.3) is 10.9 Å². The van der Waals surface area contributed by atoms with Crippen molar-refractivity contribution >= 4 is 10.9 Å². The SMILES string of the molecule is Cn1c2c(c3ccccc31)CN(CCCCN)CC2. The second-order valence-electron chi connectivity index (χ2n) is 5.52. The third-order valence-corrected chi connectivity index (χ3v) is 4.32. The molecule has 3 rings (SSSR count). The molecule has 3 heteroatoms. The minimum absolute atomic E-state index is 0.813. The van der Waals surface area contributed by atoms with Crippen LogP contribution in [0.1, 0.15) is 24.1 Å². The molecule has 0 saturated carbocycles. The van der Waals surface area contributed by atoms with Gasteiger partial charge in [0.15, 0.2) is 0 Å². The molecular weight excluding hydrogens is 234 g/mol. The highest BCUT2D eigenvalue weighted by Gasteiger charge is 2.21. The van der Waals surface area contributed by atoms with Gasteiger partial charge in [-0.2, -0.15) is 0 Å². The lowest BCUT2D eigenvalue weighted by atomic mass is 10.0. The van der Waals surface area contributed by atoms with Gasteiger partial charge in [0.2, 0.25) is 0 Å². The molecule has 3 nitrogen and oxygen atoms in total. The van der Waals surface area contributed by atoms with Crippen molar-refractivity contribution < 1.29 is 0 Å². The summed E-state index contributed by atoms with van der Waals surface area (Å²) in [6.07, 6.45) is 3.53. The maximum absolute atomic E-state index is 5.58. The smallest absolute Gasteiger partial charge is 0.0483 e. The quantitative estimate of drug-likeness (QED) is 0.853. The molecule has 0 fully saturated rings. The summed E-state index contributed by atoms with van der Waals surface area (Å²) in [6.45, 7) is 4.27. The highest BCUT2D eigenvalue weighted by atomic mass is 15.1. The molecule has 1 aromatic heterocycles. The lowest BCUT2D eigenvalue weighted by Crippen LogP contribution is -2.32. The van der Waals surface area contributed by atoms with Gasteiger partial charge in [-0.05, 0) is 37.6 Å². The highest BCUT2D eigenvalue weighted by Crippen LogP contribution is 2.29. The number of hydrogen-bond acceptors (Lipinski definition) is 2. The van der Waals surface area contributed by atoms with Gasteiger partial charge >= 0.3 is 0 Å². The summed E-state index contributed by atoms with van der Waals surface area (Å²) in [7, 11) is 2.20. The fourth-order valence-corrected chi connectivity index (χ4v) is 3.26. The van der Waals surface area contributed by atoms with E-state index < -0.39 is 0 Å². The molecular formula is C16H23N3. The van der Waals surface area contributed by atoms with E-state index >= 15 is 0 Å². The zero-order valence-corrected chi connectivity index (χ0v) is 11.7. The molecule has 2 aromatic rings. The number of unbranched alkanes of at least 4 members (excludes halogenated alkanes) is 1. The first kappa shape index (κ1) is 12.7. The van der Waals surface area contributed by atoms with Crippen molar-refractivity contribution in [3.8, 4) is 0 Å². The van der Waals surface area contributed by atoms with Crippen molar-refractivity contribution in [3.63, 3.8) is 0 Å². The van der Waals surface area contributed by atoms with Crippen molar-refractivity contribution in [3.05, 3.63) is 35.5 Å². The first-order valence-electron chi connectivity index (χ1n) is 7.29. The van der Waals surface area contributed by atoms with Crippen molar-refractivity contribution in [1.29, 1.82) is 0 Å². The van der Waals surface area contributed by atoms with Gasteiger partial charge in [0, 0.05) is 43.2 Å². The Morgan fingerprint density at radius 1 is 1.21 bits per heavy atom. The Kier molecular flexibility index (Phi) is 3.58. The zero-order valence-electron chi connectivity index (χ0n) is 11.7. The lowest BCUT2D eigenvalue weighted by Gasteiger charge is -2.27. The van der Waals surface area contributed by atoms with Gasteiger partial charge in [0.1, 0.15) is 0 Å². The Labute approximate surface area is 115 Å². The first-order valence-corrected chi connectivity index (χ1v) is 7.29. The van der Waals surface area contributed by atoms with Crippen LogP contribution in [0.15, 0.2) is 24.3 Å². The summed E-state index contributed by atoms with van der Waals surface area (Å²) in [5.41, 5.74) is 10.0. The molecule has 0 bridgehead atoms. The lowest BCUT2D eigenvalue weighted by molar-refractivity contribution is 0.248. The van der Waals surface area contributed by atoms with Gasteiger partial charge < -0.3 is 10.3 Å². The van der Waals surface area contributed by atoms with E-state index in [4.69, 9.17) is 5.73 Å². The van der Waals surface area contributed by atoms with Crippen molar-refractivity contribution in [2.45, 2.75) is 25.8 Å². The van der Waals surface area contributed by atoms with Gasteiger partial charge in [-0.3, -0.25) is 4.90 Å². The van der Waals surface area contributed by atoms with Crippen molar-refractivity contribution in [1.82, 2.24) is 9.47 Å². The Morgan fingerprint density at radius 2 is 2.05 bits per heavy atom. The van der Waals surface area contributed by atoms with Crippen LogP contribution in [-0.4, -0.2) is 29.1 Å². The van der Waals surface area contributed by atoms with Crippen molar-refractivity contribution in [2.75, 3.05) is 19.6 Å². The molecule has 0 atom stereocenters. The number of aromatic nitrogens is 1. The molecule has 0 amide bonds. The van der Waals surface area contributed by atoms with E-state index in [1.165, 1.54) is 48.1 Å². The molecule has 19 heavy (non-hydrogen) atoms. The van der Waals surface area contributed by atoms with Crippen LogP contribution >= 0.6 is 0 Å². The number of benzene rings is 1. The molecule has 0 unspecified atom stereocenters. The molecule has 0 radical (unpaired) electrons. The molecule has 0 saturated heterocycles. The zero-order chi connectivity index (χ0) is 13.2. The molecule has 102 valence electrons. The van der Waals surface area contributed by atoms with Gasteiger partial charge in [-0.1, -0.05) is 18.2 Å². The summed E-state index contributed by atoms with van der Waals surface area (Å²) >= 11 is 0. The Morgan fingerprint density at radius 3 is 2.89 bits per heavy atom. The summed E-state index contributed by atoms with van der Waals surface area (Å²) in [4.78, 5) is 2.57. The maximum atomic E-state index is 5.58. The average Bonchev–Trinajstić information content (AvgIpc) is 2.73. The highest BCUT2D eigenvalue weighted by molar-refractivity contribution is 5.85. The monoisotopic (exact) mass is 257 g/mol. The minimum Gasteiger partial charge on any atom is -0.347 e. The molecule has 0 aliphatic carbocycles. The van der Waals surface area contributed by atoms with Crippen LogP contribution < -0.4 is 5.73 Å². The second kappa shape index (κ2) is 5.35. The van der Waals surface area contributed by atoms with E-state index in [0.717, 1.165) is 19.5 Å². The summed E-state index contributed by atoms with van der Waals surface area (Å²) in [5.74, 6) is 0. The Balaban J connectivity index is 1.86. The van der Waals surface area contributed by atoms with E-state index in [2.05, 4.69) is 40.8 Å². The van der Waals surface area contributed by atoms with Crippen LogP contribution in [0.2, 0.25) is 0 Å². The van der Waals surface area contributed by atoms with E-state index in [1.807, 2.05) is 0 Å². The van der Waals surface area contributed by atoms with Gasteiger partial charge in [0.05, 0.1) is 0 Å². The summed E-state index contributed by atoms with van der Waals surface area (Å²) < 4.78 is 2.38. The number of nitrogens with two attached hydrogens (primary N) is 1. The summed E-state index contributed by atoms with van der Waals surface area (Å²) in [6, 6.07) is 8.77. The molecule has 1 aromatic carbocycles. The fourth-order valence-electron chi connectivity index (χ4n) is 3.26. The maximum Gasteiger partial charge on any atom is 0.0483 e. The second-order valence-corrected chi connectivity index (χ2v) is 5.52. The number of hydrogen-bond donors (Lipinski definition) is 1. The molecule has 2 N–H and O–H groups in total. The number of nitrogens with zero attached hydrogens (tertiary/aromatic N) is 2. The van der Waals surface area contributed by atoms with E-state index in [-0.39, 0.29) is 0 Å². The molecule has 0 spiro atoms. The van der Waals surface area contributed by atoms with Crippen LogP contribution in [0.3, 0.4) is 0 Å². The molecule has 1 aliphatic rings. The number of aryl methyl sites for hydroxylation is 1. The molecule has 1 aliphatic heterocycles. The number of rotatable bonds is 4. The molecule has 2 heterocycles. The van der Waals surface area contributed by atoms with E-state index in [1.54, 1.807) is 0 Å². The van der Waals surface area contributed by atoms with E-state index in [9.17, 15) is 0 Å². The van der Waals surface area contributed by atoms with Gasteiger partial charge in [-0.15, -0.1) is 0 Å². The predicted molar refractivity (Wildman–Crippen MR) is 80.2 cm³/mol. The van der Waals surface area contributed by atoms with E-state index in [0.29, 0.717) is 0 Å². The van der Waals surface area contributed by atoms with Gasteiger partial charge in [0.25, 0.3) is 0 Å². The standard InChI is InChI=1S/C16H23N3/c1-18-15-7-3-2-6-13(15)14-12-19(10-5-4-9-17)11-8-16(14)18/h2-3,6-7H,4-5,8-12,17H2,1H3. The number of para-hydroxylation sites is 1. The van der Waals surface area contributed by atoms with Crippen LogP contribution in [-0.2, 0) is 20.0 Å². The summed E-state index contributed by atoms with van der Waals surface area (Å²) in [5, 5.41) is 1.43. The third kappa shape index (κ3) is 2.28. The predicted octanol–water partition coefficient (Wildman–Crippen LogP) is 2.28.